The third kappa shape index (κ3) is 4.95. The van der Waals surface area contributed by atoms with Gasteiger partial charge in [0, 0.05) is 29.0 Å². The second kappa shape index (κ2) is 9.14. The Morgan fingerprint density at radius 3 is 2.70 bits per heavy atom. The molecule has 0 spiro atoms. The fraction of sp³-hybridized carbons (Fsp3) is 0.263. The van der Waals surface area contributed by atoms with Crippen LogP contribution in [0.15, 0.2) is 52.4 Å². The number of aryl methyl sites for hydroxylation is 1. The SMILES string of the molecule is CCCn1c(SCC(=O)Nc2ccc(C)cc2Br)nnc1-c1ccncc1. The Balaban J connectivity index is 1.70. The van der Waals surface area contributed by atoms with Gasteiger partial charge < -0.3 is 9.88 Å². The molecule has 0 aliphatic heterocycles. The van der Waals surface area contributed by atoms with Crippen molar-refractivity contribution in [3.8, 4) is 11.4 Å². The van der Waals surface area contributed by atoms with Crippen molar-refractivity contribution in [1.29, 1.82) is 0 Å². The van der Waals surface area contributed by atoms with Crippen molar-refractivity contribution in [2.24, 2.45) is 0 Å². The summed E-state index contributed by atoms with van der Waals surface area (Å²) in [4.78, 5) is 16.4. The molecule has 140 valence electrons. The minimum atomic E-state index is -0.0823. The summed E-state index contributed by atoms with van der Waals surface area (Å²) in [6.45, 7) is 4.90. The Morgan fingerprint density at radius 2 is 2.00 bits per heavy atom. The average molecular weight is 446 g/mol. The molecule has 0 radical (unpaired) electrons. The van der Waals surface area contributed by atoms with E-state index in [-0.39, 0.29) is 11.7 Å². The van der Waals surface area contributed by atoms with Crippen molar-refractivity contribution in [2.45, 2.75) is 32.0 Å². The molecular weight excluding hydrogens is 426 g/mol. The molecule has 27 heavy (non-hydrogen) atoms. The van der Waals surface area contributed by atoms with Gasteiger partial charge >= 0.3 is 0 Å². The lowest BCUT2D eigenvalue weighted by Gasteiger charge is -2.10. The first-order valence-corrected chi connectivity index (χ1v) is 10.4. The average Bonchev–Trinajstić information content (AvgIpc) is 3.06. The topological polar surface area (TPSA) is 72.7 Å². The Bertz CT molecular complexity index is 929. The third-order valence-electron chi connectivity index (χ3n) is 3.83. The van der Waals surface area contributed by atoms with E-state index in [1.807, 2.05) is 37.3 Å². The smallest absolute Gasteiger partial charge is 0.234 e. The number of nitrogens with one attached hydrogen (secondary N) is 1. The van der Waals surface area contributed by atoms with E-state index >= 15 is 0 Å². The number of hydrogen-bond donors (Lipinski definition) is 1. The summed E-state index contributed by atoms with van der Waals surface area (Å²) >= 11 is 4.87. The highest BCUT2D eigenvalue weighted by molar-refractivity contribution is 9.10. The zero-order chi connectivity index (χ0) is 19.2. The van der Waals surface area contributed by atoms with Gasteiger partial charge in [-0.05, 0) is 59.1 Å². The normalized spacial score (nSPS) is 10.8. The van der Waals surface area contributed by atoms with Crippen molar-refractivity contribution in [2.75, 3.05) is 11.1 Å². The van der Waals surface area contributed by atoms with Gasteiger partial charge in [0.15, 0.2) is 11.0 Å². The molecule has 1 aromatic carbocycles. The minimum Gasteiger partial charge on any atom is -0.324 e. The van der Waals surface area contributed by atoms with Crippen molar-refractivity contribution in [3.63, 3.8) is 0 Å². The Kier molecular flexibility index (Phi) is 6.63. The van der Waals surface area contributed by atoms with Crippen LogP contribution in [-0.2, 0) is 11.3 Å². The molecule has 0 saturated carbocycles. The lowest BCUT2D eigenvalue weighted by Crippen LogP contribution is -2.15. The van der Waals surface area contributed by atoms with Gasteiger partial charge in [0.25, 0.3) is 0 Å². The molecule has 3 rings (SSSR count). The van der Waals surface area contributed by atoms with E-state index < -0.39 is 0 Å². The first-order chi connectivity index (χ1) is 13.1. The summed E-state index contributed by atoms with van der Waals surface area (Å²) in [6, 6.07) is 9.65. The number of anilines is 1. The molecule has 6 nitrogen and oxygen atoms in total. The van der Waals surface area contributed by atoms with E-state index in [0.29, 0.717) is 0 Å². The van der Waals surface area contributed by atoms with Gasteiger partial charge in [0.1, 0.15) is 0 Å². The van der Waals surface area contributed by atoms with E-state index in [9.17, 15) is 4.79 Å². The third-order valence-corrected chi connectivity index (χ3v) is 5.46. The van der Waals surface area contributed by atoms with E-state index in [2.05, 4.69) is 47.9 Å². The summed E-state index contributed by atoms with van der Waals surface area (Å²) in [5, 5.41) is 12.3. The van der Waals surface area contributed by atoms with Crippen LogP contribution >= 0.6 is 27.7 Å². The molecule has 0 bridgehead atoms. The standard InChI is InChI=1S/C19H20BrN5OS/c1-3-10-25-18(14-6-8-21-9-7-14)23-24-19(25)27-12-17(26)22-16-5-4-13(2)11-15(16)20/h4-9,11H,3,10,12H2,1-2H3,(H,22,26). The summed E-state index contributed by atoms with van der Waals surface area (Å²) in [5.41, 5.74) is 2.86. The zero-order valence-corrected chi connectivity index (χ0v) is 17.5. The summed E-state index contributed by atoms with van der Waals surface area (Å²) in [5.74, 6) is 0.975. The van der Waals surface area contributed by atoms with E-state index in [1.165, 1.54) is 11.8 Å². The summed E-state index contributed by atoms with van der Waals surface area (Å²) in [7, 11) is 0. The molecule has 2 heterocycles. The molecule has 1 amide bonds. The number of hydrogen-bond acceptors (Lipinski definition) is 5. The Labute approximate surface area is 170 Å². The number of halogens is 1. The van der Waals surface area contributed by atoms with Gasteiger partial charge in [0.05, 0.1) is 11.4 Å². The Hall–Kier alpha value is -2.19. The maximum absolute atomic E-state index is 12.4. The van der Waals surface area contributed by atoms with Gasteiger partial charge in [-0.3, -0.25) is 9.78 Å². The predicted molar refractivity (Wildman–Crippen MR) is 112 cm³/mol. The van der Waals surface area contributed by atoms with Crippen LogP contribution in [0.25, 0.3) is 11.4 Å². The number of thioether (sulfide) groups is 1. The minimum absolute atomic E-state index is 0.0823. The number of amides is 1. The molecule has 0 atom stereocenters. The van der Waals surface area contributed by atoms with Gasteiger partial charge in [0.2, 0.25) is 5.91 Å². The fourth-order valence-corrected chi connectivity index (χ4v) is 3.93. The largest absolute Gasteiger partial charge is 0.324 e. The quantitative estimate of drug-likeness (QED) is 0.539. The van der Waals surface area contributed by atoms with Crippen LogP contribution in [0, 0.1) is 6.92 Å². The number of carbonyl (C=O) groups is 1. The van der Waals surface area contributed by atoms with Crippen LogP contribution < -0.4 is 5.32 Å². The predicted octanol–water partition coefficient (Wildman–Crippen LogP) is 4.55. The van der Waals surface area contributed by atoms with Gasteiger partial charge in [-0.2, -0.15) is 0 Å². The van der Waals surface area contributed by atoms with Crippen molar-refractivity contribution in [1.82, 2.24) is 19.7 Å². The van der Waals surface area contributed by atoms with Crippen molar-refractivity contribution >= 4 is 39.3 Å². The number of nitrogens with zero attached hydrogens (tertiary/aromatic N) is 4. The van der Waals surface area contributed by atoms with Gasteiger partial charge in [-0.15, -0.1) is 10.2 Å². The summed E-state index contributed by atoms with van der Waals surface area (Å²) < 4.78 is 2.92. The molecule has 2 aromatic heterocycles. The molecule has 0 aliphatic carbocycles. The molecule has 3 aromatic rings. The fourth-order valence-electron chi connectivity index (χ4n) is 2.57. The highest BCUT2D eigenvalue weighted by Crippen LogP contribution is 2.26. The lowest BCUT2D eigenvalue weighted by atomic mass is 10.2. The highest BCUT2D eigenvalue weighted by Gasteiger charge is 2.15. The van der Waals surface area contributed by atoms with Crippen LogP contribution in [-0.4, -0.2) is 31.4 Å². The van der Waals surface area contributed by atoms with E-state index in [4.69, 9.17) is 0 Å². The molecule has 0 unspecified atom stereocenters. The van der Waals surface area contributed by atoms with E-state index in [1.54, 1.807) is 12.4 Å². The maximum atomic E-state index is 12.4. The molecule has 0 aliphatic rings. The molecular formula is C19H20BrN5OS. The van der Waals surface area contributed by atoms with Crippen LogP contribution in [0.2, 0.25) is 0 Å². The highest BCUT2D eigenvalue weighted by atomic mass is 79.9. The van der Waals surface area contributed by atoms with Crippen LogP contribution in [0.4, 0.5) is 5.69 Å². The summed E-state index contributed by atoms with van der Waals surface area (Å²) in [6.07, 6.45) is 4.42. The second-order valence-corrected chi connectivity index (χ2v) is 7.81. The second-order valence-electron chi connectivity index (χ2n) is 6.01. The van der Waals surface area contributed by atoms with Crippen LogP contribution in [0.3, 0.4) is 0 Å². The van der Waals surface area contributed by atoms with Crippen molar-refractivity contribution in [3.05, 3.63) is 52.8 Å². The van der Waals surface area contributed by atoms with Crippen molar-refractivity contribution < 1.29 is 4.79 Å². The Morgan fingerprint density at radius 1 is 1.22 bits per heavy atom. The van der Waals surface area contributed by atoms with Crippen LogP contribution in [0.5, 0.6) is 0 Å². The van der Waals surface area contributed by atoms with Gasteiger partial charge in [-0.25, -0.2) is 0 Å². The molecule has 0 saturated heterocycles. The zero-order valence-electron chi connectivity index (χ0n) is 15.1. The number of benzene rings is 1. The first kappa shape index (κ1) is 19.6. The molecule has 1 N–H and O–H groups in total. The van der Waals surface area contributed by atoms with Gasteiger partial charge in [-0.1, -0.05) is 24.8 Å². The number of aromatic nitrogens is 4. The number of carbonyl (C=O) groups excluding carboxylic acids is 1. The molecule has 0 fully saturated rings. The monoisotopic (exact) mass is 445 g/mol. The molecule has 8 heteroatoms. The number of rotatable bonds is 7. The van der Waals surface area contributed by atoms with E-state index in [0.717, 1.165) is 45.2 Å². The lowest BCUT2D eigenvalue weighted by molar-refractivity contribution is -0.113. The first-order valence-electron chi connectivity index (χ1n) is 8.61. The number of pyridine rings is 1. The van der Waals surface area contributed by atoms with Crippen LogP contribution in [0.1, 0.15) is 18.9 Å². The maximum Gasteiger partial charge on any atom is 0.234 e.